The molecule has 0 aliphatic heterocycles. The van der Waals surface area contributed by atoms with Gasteiger partial charge in [-0.1, -0.05) is 0 Å². The van der Waals surface area contributed by atoms with Crippen molar-refractivity contribution in [3.05, 3.63) is 0 Å². The van der Waals surface area contributed by atoms with Crippen molar-refractivity contribution >= 4 is 34.1 Å². The van der Waals surface area contributed by atoms with E-state index in [9.17, 15) is 33.7 Å². The molecule has 0 aromatic rings. The van der Waals surface area contributed by atoms with Crippen LogP contribution in [0, 0.1) is 0 Å². The van der Waals surface area contributed by atoms with E-state index in [0.29, 0.717) is 0 Å². The Morgan fingerprint density at radius 2 is 0.643 bits per heavy atom. The van der Waals surface area contributed by atoms with Gasteiger partial charge in [-0.25, -0.2) is 0 Å². The molecule has 0 aliphatic rings. The second-order valence-electron chi connectivity index (χ2n) is 1.67. The summed E-state index contributed by atoms with van der Waals surface area (Å²) in [5.74, 6) is 0. The van der Waals surface area contributed by atoms with Crippen molar-refractivity contribution in [2.45, 2.75) is 0 Å². The van der Waals surface area contributed by atoms with Crippen LogP contribution in [0.5, 0.6) is 0 Å². The van der Waals surface area contributed by atoms with Gasteiger partial charge in [0.15, 0.2) is 0 Å². The lowest BCUT2D eigenvalue weighted by Crippen LogP contribution is -2.29. The summed E-state index contributed by atoms with van der Waals surface area (Å²) in [5, 5.41) is 0. The van der Waals surface area contributed by atoms with E-state index in [4.69, 9.17) is 9.11 Å². The Bertz CT molecular complexity index is 557. The first-order valence-electron chi connectivity index (χ1n) is 2.20. The lowest BCUT2D eigenvalue weighted by Gasteiger charge is -1.98. The zero-order valence-corrected chi connectivity index (χ0v) is 9.06. The van der Waals surface area contributed by atoms with Crippen LogP contribution in [0.4, 0.5) is 0 Å². The molecule has 0 aromatic carbocycles. The molecule has 2 N–H and O–H groups in total. The molecule has 0 aromatic heterocycles. The molecular formula is H2O10S4. The smallest absolute Gasteiger partial charge is 0.273 e. The summed E-state index contributed by atoms with van der Waals surface area (Å²) in [7, 11) is -25.3. The van der Waals surface area contributed by atoms with E-state index >= 15 is 0 Å². The van der Waals surface area contributed by atoms with Crippen molar-refractivity contribution in [3.63, 3.8) is 0 Å². The third kappa shape index (κ3) is 1.89. The predicted octanol–water partition coefficient (Wildman–Crippen LogP) is -2.66. The van der Waals surface area contributed by atoms with Gasteiger partial charge in [0.05, 0.1) is 0 Å². The Morgan fingerprint density at radius 3 is 0.714 bits per heavy atom. The van der Waals surface area contributed by atoms with E-state index < -0.39 is 34.1 Å². The third-order valence-corrected chi connectivity index (χ3v) is 14.0. The first kappa shape index (κ1) is 13.7. The van der Waals surface area contributed by atoms with Crippen molar-refractivity contribution in [1.29, 1.82) is 0 Å². The summed E-state index contributed by atoms with van der Waals surface area (Å²) in [5.41, 5.74) is 0. The fourth-order valence-corrected chi connectivity index (χ4v) is 9.48. The Labute approximate surface area is 77.1 Å². The van der Waals surface area contributed by atoms with E-state index in [0.717, 1.165) is 0 Å². The zero-order valence-electron chi connectivity index (χ0n) is 5.79. The molecule has 0 rings (SSSR count). The highest BCUT2D eigenvalue weighted by molar-refractivity contribution is 9.14. The summed E-state index contributed by atoms with van der Waals surface area (Å²) in [6, 6.07) is 0. The second-order valence-corrected chi connectivity index (χ2v) is 14.1. The van der Waals surface area contributed by atoms with Crippen LogP contribution in [0.3, 0.4) is 0 Å². The van der Waals surface area contributed by atoms with Crippen LogP contribution >= 0.6 is 0 Å². The molecule has 0 atom stereocenters. The molecule has 0 saturated heterocycles. The van der Waals surface area contributed by atoms with Crippen LogP contribution in [0.1, 0.15) is 0 Å². The van der Waals surface area contributed by atoms with Gasteiger partial charge >= 0.3 is 34.1 Å². The van der Waals surface area contributed by atoms with Crippen LogP contribution in [-0.2, 0) is 34.1 Å². The SMILES string of the molecule is O=S(=O)(O)S(=O)(=O)S(=O)(=O)S(=O)(=O)O. The molecule has 0 unspecified atom stereocenters. The molecule has 14 heteroatoms. The topological polar surface area (TPSA) is 177 Å². The summed E-state index contributed by atoms with van der Waals surface area (Å²) in [6.07, 6.45) is 0. The molecule has 86 valence electrons. The molecule has 0 spiro atoms. The van der Waals surface area contributed by atoms with Crippen LogP contribution in [-0.4, -0.2) is 42.8 Å². The molecule has 0 radical (unpaired) electrons. The van der Waals surface area contributed by atoms with Crippen LogP contribution in [0.15, 0.2) is 0 Å². The van der Waals surface area contributed by atoms with E-state index in [1.54, 1.807) is 0 Å². The standard InChI is InChI=1S/H2O10S4/c1-11(2,3)13(7,8)14(9,10)12(4,5)6/h(H,1,2,3)(H,4,5,6). The van der Waals surface area contributed by atoms with Crippen molar-refractivity contribution in [1.82, 2.24) is 0 Å². The highest BCUT2D eigenvalue weighted by Crippen LogP contribution is 2.15. The predicted molar refractivity (Wildman–Crippen MR) is 40.9 cm³/mol. The van der Waals surface area contributed by atoms with E-state index in [2.05, 4.69) is 0 Å². The fourth-order valence-electron chi connectivity index (χ4n) is 0.211. The lowest BCUT2D eigenvalue weighted by atomic mass is 15.9. The average molecular weight is 290 g/mol. The van der Waals surface area contributed by atoms with Gasteiger partial charge in [-0.2, -0.15) is 33.7 Å². The molecule has 0 bridgehead atoms. The van der Waals surface area contributed by atoms with E-state index in [-0.39, 0.29) is 0 Å². The Balaban J connectivity index is 6.44. The minimum Gasteiger partial charge on any atom is -0.273 e. The van der Waals surface area contributed by atoms with Crippen LogP contribution < -0.4 is 0 Å². The first-order chi connectivity index (χ1) is 5.75. The minimum atomic E-state index is -6.47. The molecule has 0 fully saturated rings. The third-order valence-electron chi connectivity index (χ3n) is 0.766. The fraction of sp³-hybridized carbons (Fsp3) is 0. The quantitative estimate of drug-likeness (QED) is 0.411. The highest BCUT2D eigenvalue weighted by atomic mass is 33.8. The zero-order chi connectivity index (χ0) is 12.0. The number of hydrogen-bond acceptors (Lipinski definition) is 8. The van der Waals surface area contributed by atoms with Crippen molar-refractivity contribution in [2.75, 3.05) is 0 Å². The second kappa shape index (κ2) is 3.11. The maximum Gasteiger partial charge on any atom is 0.398 e. The number of hydrogen-bond donors (Lipinski definition) is 2. The molecule has 0 heterocycles. The first-order valence-corrected chi connectivity index (χ1v) is 9.60. The maximum atomic E-state index is 10.4. The van der Waals surface area contributed by atoms with Crippen LogP contribution in [0.2, 0.25) is 0 Å². The van der Waals surface area contributed by atoms with Crippen LogP contribution in [0.25, 0.3) is 0 Å². The van der Waals surface area contributed by atoms with Gasteiger partial charge in [-0.3, -0.25) is 9.11 Å². The molecule has 0 aliphatic carbocycles. The summed E-state index contributed by atoms with van der Waals surface area (Å²) >= 11 is 0. The summed E-state index contributed by atoms with van der Waals surface area (Å²) < 4.78 is 97.0. The number of rotatable bonds is 3. The van der Waals surface area contributed by atoms with Gasteiger partial charge in [0.25, 0.3) is 0 Å². The van der Waals surface area contributed by atoms with E-state index in [1.165, 1.54) is 0 Å². The van der Waals surface area contributed by atoms with Crippen molar-refractivity contribution < 1.29 is 42.8 Å². The van der Waals surface area contributed by atoms with E-state index in [1.807, 2.05) is 0 Å². The monoisotopic (exact) mass is 290 g/mol. The average Bonchev–Trinajstić information content (AvgIpc) is 1.81. The van der Waals surface area contributed by atoms with Crippen molar-refractivity contribution in [3.8, 4) is 0 Å². The molecule has 0 saturated carbocycles. The van der Waals surface area contributed by atoms with Gasteiger partial charge in [0.1, 0.15) is 0 Å². The molecule has 0 amide bonds. The molecule has 10 nitrogen and oxygen atoms in total. The Kier molecular flexibility index (Phi) is 3.04. The highest BCUT2D eigenvalue weighted by Gasteiger charge is 2.50. The lowest BCUT2D eigenvalue weighted by molar-refractivity contribution is 0.489. The minimum absolute atomic E-state index is 6.20. The summed E-state index contributed by atoms with van der Waals surface area (Å²) in [6.45, 7) is 0. The normalized spacial score (nSPS) is 15.3. The Morgan fingerprint density at radius 1 is 0.500 bits per heavy atom. The summed E-state index contributed by atoms with van der Waals surface area (Å²) in [4.78, 5) is 0. The largest absolute Gasteiger partial charge is 0.398 e. The van der Waals surface area contributed by atoms with Gasteiger partial charge < -0.3 is 0 Å². The van der Waals surface area contributed by atoms with Gasteiger partial charge in [0, 0.05) is 0 Å². The van der Waals surface area contributed by atoms with Gasteiger partial charge in [-0.05, 0) is 0 Å². The molecule has 14 heavy (non-hydrogen) atoms. The maximum absolute atomic E-state index is 10.4. The van der Waals surface area contributed by atoms with Gasteiger partial charge in [-0.15, -0.1) is 0 Å². The molecular weight excluding hydrogens is 288 g/mol. The Hall–Kier alpha value is -0.280. The van der Waals surface area contributed by atoms with Gasteiger partial charge in [0.2, 0.25) is 0 Å². The van der Waals surface area contributed by atoms with Crippen molar-refractivity contribution in [2.24, 2.45) is 0 Å².